The Morgan fingerprint density at radius 3 is 2.41 bits per heavy atom. The number of hydrogen-bond acceptors (Lipinski definition) is 1. The van der Waals surface area contributed by atoms with E-state index in [2.05, 4.69) is 42.6 Å². The fourth-order valence-electron chi connectivity index (χ4n) is 2.59. The topological polar surface area (TPSA) is 12.0 Å². The molecule has 17 heavy (non-hydrogen) atoms. The molecule has 1 fully saturated rings. The van der Waals surface area contributed by atoms with E-state index in [1.165, 1.54) is 44.2 Å². The smallest absolute Gasteiger partial charge is 0.0291 e. The number of hydrogen-bond donors (Lipinski definition) is 1. The molecular formula is C15H24ClN. The molecule has 1 aliphatic carbocycles. The quantitative estimate of drug-likeness (QED) is 0.842. The second kappa shape index (κ2) is 7.73. The molecule has 0 spiro atoms. The first kappa shape index (κ1) is 14.5. The molecule has 1 saturated carbocycles. The molecule has 2 rings (SSSR count). The van der Waals surface area contributed by atoms with Crippen molar-refractivity contribution in [2.45, 2.75) is 45.1 Å². The molecule has 2 heteroatoms. The van der Waals surface area contributed by atoms with Crippen molar-refractivity contribution in [3.05, 3.63) is 35.9 Å². The van der Waals surface area contributed by atoms with Gasteiger partial charge in [0.2, 0.25) is 0 Å². The van der Waals surface area contributed by atoms with Crippen LogP contribution in [0.2, 0.25) is 0 Å². The Balaban J connectivity index is 0.00000144. The first-order valence-corrected chi connectivity index (χ1v) is 6.64. The predicted octanol–water partition coefficient (Wildman–Crippen LogP) is 4.34. The minimum atomic E-state index is 0. The van der Waals surface area contributed by atoms with Crippen LogP contribution < -0.4 is 5.32 Å². The van der Waals surface area contributed by atoms with E-state index in [-0.39, 0.29) is 12.4 Å². The highest BCUT2D eigenvalue weighted by Crippen LogP contribution is 2.23. The summed E-state index contributed by atoms with van der Waals surface area (Å²) in [4.78, 5) is 0. The number of nitrogens with one attached hydrogen (secondary N) is 1. The zero-order chi connectivity index (χ0) is 11.2. The number of rotatable bonds is 4. The van der Waals surface area contributed by atoms with Crippen LogP contribution in [0.4, 0.5) is 0 Å². The summed E-state index contributed by atoms with van der Waals surface area (Å²) < 4.78 is 0. The lowest BCUT2D eigenvalue weighted by atomic mass is 9.89. The summed E-state index contributed by atoms with van der Waals surface area (Å²) >= 11 is 0. The molecule has 0 aliphatic heterocycles. The minimum Gasteiger partial charge on any atom is -0.310 e. The molecule has 0 bridgehead atoms. The Kier molecular flexibility index (Phi) is 6.61. The summed E-state index contributed by atoms with van der Waals surface area (Å²) in [5.41, 5.74) is 1.40. The van der Waals surface area contributed by atoms with E-state index in [0.29, 0.717) is 6.04 Å². The lowest BCUT2D eigenvalue weighted by Gasteiger charge is -2.24. The second-order valence-electron chi connectivity index (χ2n) is 5.04. The van der Waals surface area contributed by atoms with Gasteiger partial charge in [0, 0.05) is 6.04 Å². The van der Waals surface area contributed by atoms with Gasteiger partial charge in [-0.2, -0.15) is 0 Å². The third-order valence-corrected chi connectivity index (χ3v) is 3.74. The van der Waals surface area contributed by atoms with Crippen molar-refractivity contribution in [3.63, 3.8) is 0 Å². The van der Waals surface area contributed by atoms with Gasteiger partial charge in [0.15, 0.2) is 0 Å². The normalized spacial score (nSPS) is 18.4. The van der Waals surface area contributed by atoms with Gasteiger partial charge in [-0.3, -0.25) is 0 Å². The van der Waals surface area contributed by atoms with E-state index < -0.39 is 0 Å². The van der Waals surface area contributed by atoms with Crippen LogP contribution >= 0.6 is 12.4 Å². The highest BCUT2D eigenvalue weighted by molar-refractivity contribution is 5.85. The molecule has 0 amide bonds. The molecule has 1 N–H and O–H groups in total. The fourth-order valence-corrected chi connectivity index (χ4v) is 2.59. The van der Waals surface area contributed by atoms with Crippen LogP contribution in [-0.2, 0) is 0 Å². The first-order valence-electron chi connectivity index (χ1n) is 6.64. The van der Waals surface area contributed by atoms with Gasteiger partial charge in [0.05, 0.1) is 0 Å². The molecule has 0 radical (unpaired) electrons. The molecule has 1 atom stereocenters. The lowest BCUT2D eigenvalue weighted by Crippen LogP contribution is -2.27. The lowest BCUT2D eigenvalue weighted by molar-refractivity contribution is 0.331. The van der Waals surface area contributed by atoms with E-state index in [9.17, 15) is 0 Å². The van der Waals surface area contributed by atoms with E-state index in [0.717, 1.165) is 5.92 Å². The SMILES string of the molecule is CC(NCC1CCCCC1)c1ccccc1.Cl. The summed E-state index contributed by atoms with van der Waals surface area (Å²) in [6, 6.07) is 11.2. The van der Waals surface area contributed by atoms with Crippen molar-refractivity contribution >= 4 is 12.4 Å². The van der Waals surface area contributed by atoms with Crippen LogP contribution in [0.5, 0.6) is 0 Å². The third kappa shape index (κ3) is 4.69. The van der Waals surface area contributed by atoms with Crippen LogP contribution in [0.3, 0.4) is 0 Å². The molecule has 1 nitrogen and oxygen atoms in total. The van der Waals surface area contributed by atoms with Crippen LogP contribution in [0.25, 0.3) is 0 Å². The third-order valence-electron chi connectivity index (χ3n) is 3.74. The Bertz CT molecular complexity index is 293. The Labute approximate surface area is 111 Å². The molecule has 1 unspecified atom stereocenters. The average molecular weight is 254 g/mol. The van der Waals surface area contributed by atoms with Crippen molar-refractivity contribution in [1.29, 1.82) is 0 Å². The highest BCUT2D eigenvalue weighted by atomic mass is 35.5. The van der Waals surface area contributed by atoms with Crippen LogP contribution in [0.15, 0.2) is 30.3 Å². The van der Waals surface area contributed by atoms with E-state index >= 15 is 0 Å². The minimum absolute atomic E-state index is 0. The molecule has 96 valence electrons. The summed E-state index contributed by atoms with van der Waals surface area (Å²) in [5.74, 6) is 0.917. The molecular weight excluding hydrogens is 230 g/mol. The van der Waals surface area contributed by atoms with Crippen LogP contribution in [0, 0.1) is 5.92 Å². The summed E-state index contributed by atoms with van der Waals surface area (Å²) in [6.07, 6.45) is 7.17. The second-order valence-corrected chi connectivity index (χ2v) is 5.04. The molecule has 1 aliphatic rings. The number of benzene rings is 1. The van der Waals surface area contributed by atoms with Crippen LogP contribution in [0.1, 0.15) is 50.6 Å². The standard InChI is InChI=1S/C15H23N.ClH/c1-13(15-10-6-3-7-11-15)16-12-14-8-4-2-5-9-14;/h3,6-7,10-11,13-14,16H,2,4-5,8-9,12H2,1H3;1H. The largest absolute Gasteiger partial charge is 0.310 e. The Morgan fingerprint density at radius 1 is 1.12 bits per heavy atom. The van der Waals surface area contributed by atoms with Crippen molar-refractivity contribution in [1.82, 2.24) is 5.32 Å². The number of halogens is 1. The highest BCUT2D eigenvalue weighted by Gasteiger charge is 2.14. The first-order chi connectivity index (χ1) is 7.86. The van der Waals surface area contributed by atoms with E-state index in [1.54, 1.807) is 0 Å². The van der Waals surface area contributed by atoms with E-state index in [1.807, 2.05) is 0 Å². The van der Waals surface area contributed by atoms with Gasteiger partial charge in [-0.1, -0.05) is 49.6 Å². The van der Waals surface area contributed by atoms with Gasteiger partial charge in [-0.05, 0) is 37.8 Å². The van der Waals surface area contributed by atoms with Gasteiger partial charge in [0.25, 0.3) is 0 Å². The maximum atomic E-state index is 3.67. The maximum Gasteiger partial charge on any atom is 0.0291 e. The van der Waals surface area contributed by atoms with Gasteiger partial charge in [0.1, 0.15) is 0 Å². The van der Waals surface area contributed by atoms with Crippen molar-refractivity contribution in [3.8, 4) is 0 Å². The van der Waals surface area contributed by atoms with Crippen molar-refractivity contribution < 1.29 is 0 Å². The van der Waals surface area contributed by atoms with Crippen molar-refractivity contribution in [2.75, 3.05) is 6.54 Å². The monoisotopic (exact) mass is 253 g/mol. The molecule has 0 heterocycles. The van der Waals surface area contributed by atoms with Gasteiger partial charge in [-0.25, -0.2) is 0 Å². The van der Waals surface area contributed by atoms with Gasteiger partial charge < -0.3 is 5.32 Å². The zero-order valence-corrected chi connectivity index (χ0v) is 11.5. The fraction of sp³-hybridized carbons (Fsp3) is 0.600. The zero-order valence-electron chi connectivity index (χ0n) is 10.7. The molecule has 1 aromatic carbocycles. The maximum absolute atomic E-state index is 3.67. The summed E-state index contributed by atoms with van der Waals surface area (Å²) in [6.45, 7) is 3.45. The van der Waals surface area contributed by atoms with Gasteiger partial charge >= 0.3 is 0 Å². The predicted molar refractivity (Wildman–Crippen MR) is 76.7 cm³/mol. The Hall–Kier alpha value is -0.530. The van der Waals surface area contributed by atoms with Crippen molar-refractivity contribution in [2.24, 2.45) is 5.92 Å². The van der Waals surface area contributed by atoms with Crippen LogP contribution in [-0.4, -0.2) is 6.54 Å². The van der Waals surface area contributed by atoms with Gasteiger partial charge in [-0.15, -0.1) is 12.4 Å². The molecule has 0 saturated heterocycles. The molecule has 0 aromatic heterocycles. The summed E-state index contributed by atoms with van der Waals surface area (Å²) in [7, 11) is 0. The molecule has 1 aromatic rings. The van der Waals surface area contributed by atoms with E-state index in [4.69, 9.17) is 0 Å². The Morgan fingerprint density at radius 2 is 1.76 bits per heavy atom. The average Bonchev–Trinajstić information content (AvgIpc) is 2.38. The summed E-state index contributed by atoms with van der Waals surface area (Å²) in [5, 5.41) is 3.67.